The summed E-state index contributed by atoms with van der Waals surface area (Å²) in [5.41, 5.74) is 13.8. The molecular weight excluding hydrogens is 494 g/mol. The maximum Gasteiger partial charge on any atom is 0.0547 e. The Morgan fingerprint density at radius 2 is 0.927 bits per heavy atom. The van der Waals surface area contributed by atoms with Crippen LogP contribution in [0.15, 0.2) is 152 Å². The molecule has 1 aromatic heterocycles. The third kappa shape index (κ3) is 3.24. The lowest BCUT2D eigenvalue weighted by Gasteiger charge is -2.14. The molecule has 1 heterocycles. The van der Waals surface area contributed by atoms with Gasteiger partial charge in [-0.3, -0.25) is 0 Å². The van der Waals surface area contributed by atoms with Gasteiger partial charge in [0.25, 0.3) is 0 Å². The summed E-state index contributed by atoms with van der Waals surface area (Å²) in [6, 6.07) is 55.6. The molecule has 0 saturated carbocycles. The maximum atomic E-state index is 2.44. The molecule has 0 amide bonds. The minimum Gasteiger partial charge on any atom is -0.309 e. The van der Waals surface area contributed by atoms with E-state index in [1.165, 1.54) is 82.8 Å². The van der Waals surface area contributed by atoms with Crippen LogP contribution in [0, 0.1) is 0 Å². The third-order valence-electron chi connectivity index (χ3n) is 8.75. The van der Waals surface area contributed by atoms with E-state index in [0.717, 1.165) is 0 Å². The van der Waals surface area contributed by atoms with Crippen molar-refractivity contribution in [3.63, 3.8) is 0 Å². The Morgan fingerprint density at radius 3 is 1.71 bits per heavy atom. The molecule has 0 bridgehead atoms. The quantitative estimate of drug-likeness (QED) is 0.214. The molecular formula is C40H25N. The monoisotopic (exact) mass is 519 g/mol. The van der Waals surface area contributed by atoms with Gasteiger partial charge in [-0.1, -0.05) is 121 Å². The van der Waals surface area contributed by atoms with Crippen molar-refractivity contribution < 1.29 is 0 Å². The van der Waals surface area contributed by atoms with Crippen molar-refractivity contribution >= 4 is 32.6 Å². The van der Waals surface area contributed by atoms with E-state index in [0.29, 0.717) is 0 Å². The summed E-state index contributed by atoms with van der Waals surface area (Å²) in [5, 5.41) is 5.17. The zero-order valence-electron chi connectivity index (χ0n) is 22.4. The Bertz CT molecular complexity index is 2280. The second kappa shape index (κ2) is 8.55. The molecule has 41 heavy (non-hydrogen) atoms. The topological polar surface area (TPSA) is 4.93 Å². The third-order valence-corrected chi connectivity index (χ3v) is 8.75. The molecule has 1 heteroatoms. The Morgan fingerprint density at radius 1 is 0.341 bits per heavy atom. The number of aromatic nitrogens is 1. The first-order chi connectivity index (χ1) is 20.3. The van der Waals surface area contributed by atoms with Gasteiger partial charge in [-0.15, -0.1) is 0 Å². The van der Waals surface area contributed by atoms with Crippen molar-refractivity contribution in [1.82, 2.24) is 4.57 Å². The highest BCUT2D eigenvalue weighted by atomic mass is 15.0. The normalized spacial score (nSPS) is 11.9. The predicted molar refractivity (Wildman–Crippen MR) is 174 cm³/mol. The first-order valence-corrected chi connectivity index (χ1v) is 14.2. The summed E-state index contributed by atoms with van der Waals surface area (Å²) in [6.07, 6.45) is 0. The van der Waals surface area contributed by atoms with E-state index < -0.39 is 0 Å². The second-order valence-corrected chi connectivity index (χ2v) is 10.9. The standard InChI is InChI=1S/C40H25N/c1-2-10-26(11-3-1)27-20-22-29(23-21-27)41-38-19-7-6-16-32(38)37-24-35-34-18-9-13-28-12-8-17-33(40(28)34)30-14-4-5-15-31(30)36(35)25-39(37)41/h1-25H. The number of hydrogen-bond acceptors (Lipinski definition) is 0. The summed E-state index contributed by atoms with van der Waals surface area (Å²) >= 11 is 0. The van der Waals surface area contributed by atoms with Gasteiger partial charge in [-0.25, -0.2) is 0 Å². The van der Waals surface area contributed by atoms with Crippen molar-refractivity contribution in [2.45, 2.75) is 0 Å². The van der Waals surface area contributed by atoms with Gasteiger partial charge < -0.3 is 4.57 Å². The number of para-hydroxylation sites is 1. The summed E-state index contributed by atoms with van der Waals surface area (Å²) < 4.78 is 2.43. The van der Waals surface area contributed by atoms with Crippen molar-refractivity contribution in [1.29, 1.82) is 0 Å². The Kier molecular flexibility index (Phi) is 4.67. The molecule has 7 aromatic carbocycles. The first-order valence-electron chi connectivity index (χ1n) is 14.2. The molecule has 1 aliphatic carbocycles. The SMILES string of the molecule is c1ccc(-c2ccc(-n3c4ccccc4c4cc5c(cc43)-c3ccccc3-c3cccc4cccc-5c34)cc2)cc1. The molecule has 0 fully saturated rings. The average Bonchev–Trinajstić information content (AvgIpc) is 3.31. The van der Waals surface area contributed by atoms with Crippen LogP contribution in [-0.4, -0.2) is 4.57 Å². The summed E-state index contributed by atoms with van der Waals surface area (Å²) in [4.78, 5) is 0. The van der Waals surface area contributed by atoms with E-state index in [1.807, 2.05) is 0 Å². The van der Waals surface area contributed by atoms with E-state index in [4.69, 9.17) is 0 Å². The second-order valence-electron chi connectivity index (χ2n) is 10.9. The van der Waals surface area contributed by atoms with Crippen LogP contribution in [0.1, 0.15) is 0 Å². The van der Waals surface area contributed by atoms with E-state index in [9.17, 15) is 0 Å². The van der Waals surface area contributed by atoms with Crippen LogP contribution in [0.2, 0.25) is 0 Å². The lowest BCUT2D eigenvalue weighted by atomic mass is 9.92. The molecule has 1 nitrogen and oxygen atoms in total. The number of hydrogen-bond donors (Lipinski definition) is 0. The highest BCUT2D eigenvalue weighted by molar-refractivity contribution is 6.18. The van der Waals surface area contributed by atoms with Crippen LogP contribution < -0.4 is 0 Å². The summed E-state index contributed by atoms with van der Waals surface area (Å²) in [6.45, 7) is 0. The molecule has 0 radical (unpaired) electrons. The van der Waals surface area contributed by atoms with Crippen LogP contribution >= 0.6 is 0 Å². The average molecular weight is 520 g/mol. The Labute approximate surface area is 238 Å². The van der Waals surface area contributed by atoms with Crippen LogP contribution in [-0.2, 0) is 0 Å². The molecule has 0 saturated heterocycles. The Balaban J connectivity index is 1.37. The molecule has 0 unspecified atom stereocenters. The molecule has 1 aliphatic rings. The smallest absolute Gasteiger partial charge is 0.0547 e. The van der Waals surface area contributed by atoms with Gasteiger partial charge in [-0.05, 0) is 85.6 Å². The van der Waals surface area contributed by atoms with Gasteiger partial charge in [0.15, 0.2) is 0 Å². The minimum atomic E-state index is 1.17. The predicted octanol–water partition coefficient (Wildman–Crippen LogP) is 10.9. The number of rotatable bonds is 2. The number of nitrogens with zero attached hydrogens (tertiary/aromatic N) is 1. The van der Waals surface area contributed by atoms with Crippen LogP contribution in [0.3, 0.4) is 0 Å². The lowest BCUT2D eigenvalue weighted by molar-refractivity contribution is 1.18. The zero-order chi connectivity index (χ0) is 26.9. The van der Waals surface area contributed by atoms with Gasteiger partial charge in [-0.2, -0.15) is 0 Å². The van der Waals surface area contributed by atoms with E-state index in [-0.39, 0.29) is 0 Å². The van der Waals surface area contributed by atoms with Crippen LogP contribution in [0.25, 0.3) is 82.8 Å². The number of fused-ring (bicyclic) bond motifs is 8. The van der Waals surface area contributed by atoms with Gasteiger partial charge in [0, 0.05) is 16.5 Å². The van der Waals surface area contributed by atoms with Gasteiger partial charge in [0.1, 0.15) is 0 Å². The van der Waals surface area contributed by atoms with Gasteiger partial charge in [0.05, 0.1) is 11.0 Å². The van der Waals surface area contributed by atoms with Crippen molar-refractivity contribution in [3.05, 3.63) is 152 Å². The number of benzene rings is 7. The molecule has 0 aliphatic heterocycles. The summed E-state index contributed by atoms with van der Waals surface area (Å²) in [7, 11) is 0. The van der Waals surface area contributed by atoms with Gasteiger partial charge >= 0.3 is 0 Å². The van der Waals surface area contributed by atoms with Crippen LogP contribution in [0.5, 0.6) is 0 Å². The van der Waals surface area contributed by atoms with Gasteiger partial charge in [0.2, 0.25) is 0 Å². The largest absolute Gasteiger partial charge is 0.309 e. The van der Waals surface area contributed by atoms with E-state index in [1.54, 1.807) is 0 Å². The zero-order valence-corrected chi connectivity index (χ0v) is 22.4. The van der Waals surface area contributed by atoms with Crippen LogP contribution in [0.4, 0.5) is 0 Å². The fourth-order valence-corrected chi connectivity index (χ4v) is 6.92. The van der Waals surface area contributed by atoms with Crippen molar-refractivity contribution in [2.75, 3.05) is 0 Å². The minimum absolute atomic E-state index is 1.17. The molecule has 0 spiro atoms. The van der Waals surface area contributed by atoms with E-state index >= 15 is 0 Å². The van der Waals surface area contributed by atoms with E-state index in [2.05, 4.69) is 156 Å². The molecule has 8 aromatic rings. The fourth-order valence-electron chi connectivity index (χ4n) is 6.92. The molecule has 190 valence electrons. The van der Waals surface area contributed by atoms with Crippen molar-refractivity contribution in [2.24, 2.45) is 0 Å². The van der Waals surface area contributed by atoms with Crippen molar-refractivity contribution in [3.8, 4) is 50.2 Å². The highest BCUT2D eigenvalue weighted by Gasteiger charge is 2.23. The fraction of sp³-hybridized carbons (Fsp3) is 0. The molecule has 9 rings (SSSR count). The molecule has 0 atom stereocenters. The summed E-state index contributed by atoms with van der Waals surface area (Å²) in [5.74, 6) is 0. The first kappa shape index (κ1) is 22.4. The maximum absolute atomic E-state index is 2.44. The lowest BCUT2D eigenvalue weighted by Crippen LogP contribution is -1.95. The highest BCUT2D eigenvalue weighted by Crippen LogP contribution is 2.49. The molecule has 0 N–H and O–H groups in total. The Hall–Kier alpha value is -5.40.